The molecule has 0 spiro atoms. The van der Waals surface area contributed by atoms with E-state index in [4.69, 9.17) is 0 Å². The molecule has 0 saturated carbocycles. The monoisotopic (exact) mass is 386 g/mol. The first kappa shape index (κ1) is 14.7. The van der Waals surface area contributed by atoms with E-state index in [1.165, 1.54) is 0 Å². The normalized spacial score (nSPS) is 11.2. The van der Waals surface area contributed by atoms with Gasteiger partial charge in [0.25, 0.3) is 0 Å². The molecule has 1 aromatic heterocycles. The van der Waals surface area contributed by atoms with Crippen LogP contribution in [0.4, 0.5) is 0 Å². The van der Waals surface area contributed by atoms with E-state index in [1.807, 2.05) is 22.9 Å². The maximum absolute atomic E-state index is 4.16. The minimum Gasteiger partial charge on any atom is -0.311 e. The molecule has 0 amide bonds. The van der Waals surface area contributed by atoms with Crippen LogP contribution in [0.2, 0.25) is 0 Å². The summed E-state index contributed by atoms with van der Waals surface area (Å²) in [5.74, 6) is 0.627. The second-order valence-corrected chi connectivity index (χ2v) is 6.53. The van der Waals surface area contributed by atoms with Crippen molar-refractivity contribution in [3.63, 3.8) is 0 Å². The summed E-state index contributed by atoms with van der Waals surface area (Å²) in [5.41, 5.74) is 2.02. The predicted molar refractivity (Wildman–Crippen MR) is 83.3 cm³/mol. The fraction of sp³-hybridized carbons (Fsp3) is 0.385. The van der Waals surface area contributed by atoms with Gasteiger partial charge in [0.2, 0.25) is 0 Å². The van der Waals surface area contributed by atoms with Crippen LogP contribution in [0, 0.1) is 5.92 Å². The summed E-state index contributed by atoms with van der Waals surface area (Å²) >= 11 is 7.03. The van der Waals surface area contributed by atoms with Crippen molar-refractivity contribution in [2.75, 3.05) is 6.54 Å². The van der Waals surface area contributed by atoms with E-state index in [0.717, 1.165) is 33.4 Å². The SMILES string of the molecule is CC(C)CNCc1cnnn1-c1cc(Br)ccc1Br. The second-order valence-electron chi connectivity index (χ2n) is 4.76. The van der Waals surface area contributed by atoms with E-state index >= 15 is 0 Å². The molecule has 0 atom stereocenters. The molecule has 2 aromatic rings. The molecule has 2 rings (SSSR count). The van der Waals surface area contributed by atoms with E-state index in [2.05, 4.69) is 61.3 Å². The Morgan fingerprint density at radius 1 is 1.32 bits per heavy atom. The van der Waals surface area contributed by atoms with Crippen molar-refractivity contribution in [1.82, 2.24) is 20.3 Å². The molecule has 0 saturated heterocycles. The number of benzene rings is 1. The molecule has 0 fully saturated rings. The lowest BCUT2D eigenvalue weighted by atomic mass is 10.2. The zero-order valence-corrected chi connectivity index (χ0v) is 14.1. The largest absolute Gasteiger partial charge is 0.311 e. The van der Waals surface area contributed by atoms with Gasteiger partial charge in [-0.05, 0) is 46.6 Å². The van der Waals surface area contributed by atoms with Crippen LogP contribution in [-0.4, -0.2) is 21.5 Å². The van der Waals surface area contributed by atoms with Gasteiger partial charge in [-0.25, -0.2) is 4.68 Å². The van der Waals surface area contributed by atoms with Gasteiger partial charge < -0.3 is 5.32 Å². The molecule has 0 radical (unpaired) electrons. The Kier molecular flexibility index (Phi) is 5.13. The van der Waals surface area contributed by atoms with Crippen molar-refractivity contribution in [2.45, 2.75) is 20.4 Å². The topological polar surface area (TPSA) is 42.7 Å². The molecule has 1 N–H and O–H groups in total. The summed E-state index contributed by atoms with van der Waals surface area (Å²) < 4.78 is 3.86. The van der Waals surface area contributed by atoms with Crippen molar-refractivity contribution in [3.05, 3.63) is 39.0 Å². The summed E-state index contributed by atoms with van der Waals surface area (Å²) in [6, 6.07) is 6.00. The molecule has 0 aliphatic heterocycles. The van der Waals surface area contributed by atoms with Crippen LogP contribution < -0.4 is 5.32 Å². The average molecular weight is 388 g/mol. The first-order valence-electron chi connectivity index (χ1n) is 6.13. The molecular formula is C13H16Br2N4. The molecule has 1 aromatic carbocycles. The minimum atomic E-state index is 0.627. The van der Waals surface area contributed by atoms with Crippen LogP contribution in [0.1, 0.15) is 19.5 Å². The third-order valence-corrected chi connectivity index (χ3v) is 3.78. The molecule has 1 heterocycles. The van der Waals surface area contributed by atoms with Crippen molar-refractivity contribution in [2.24, 2.45) is 5.92 Å². The molecule has 0 aliphatic rings. The summed E-state index contributed by atoms with van der Waals surface area (Å²) in [6.45, 7) is 6.11. The molecule has 6 heteroatoms. The fourth-order valence-electron chi connectivity index (χ4n) is 1.72. The molecular weight excluding hydrogens is 372 g/mol. The van der Waals surface area contributed by atoms with Gasteiger partial charge in [0.05, 0.1) is 17.6 Å². The highest BCUT2D eigenvalue weighted by Gasteiger charge is 2.10. The summed E-state index contributed by atoms with van der Waals surface area (Å²) in [7, 11) is 0. The number of hydrogen-bond donors (Lipinski definition) is 1. The van der Waals surface area contributed by atoms with E-state index < -0.39 is 0 Å². The van der Waals surface area contributed by atoms with E-state index in [1.54, 1.807) is 6.20 Å². The lowest BCUT2D eigenvalue weighted by molar-refractivity contribution is 0.542. The fourth-order valence-corrected chi connectivity index (χ4v) is 2.48. The van der Waals surface area contributed by atoms with Gasteiger partial charge in [-0.1, -0.05) is 35.0 Å². The van der Waals surface area contributed by atoms with Gasteiger partial charge in [0, 0.05) is 15.5 Å². The van der Waals surface area contributed by atoms with Gasteiger partial charge in [-0.15, -0.1) is 5.10 Å². The Morgan fingerprint density at radius 2 is 2.11 bits per heavy atom. The third-order valence-electron chi connectivity index (χ3n) is 2.61. The highest BCUT2D eigenvalue weighted by atomic mass is 79.9. The molecule has 19 heavy (non-hydrogen) atoms. The highest BCUT2D eigenvalue weighted by molar-refractivity contribution is 9.11. The Balaban J connectivity index is 2.21. The number of aromatic nitrogens is 3. The Morgan fingerprint density at radius 3 is 2.84 bits per heavy atom. The van der Waals surface area contributed by atoms with Crippen LogP contribution in [0.25, 0.3) is 5.69 Å². The van der Waals surface area contributed by atoms with Crippen molar-refractivity contribution in [3.8, 4) is 5.69 Å². The summed E-state index contributed by atoms with van der Waals surface area (Å²) in [6.07, 6.45) is 1.79. The van der Waals surface area contributed by atoms with Crippen LogP contribution in [-0.2, 0) is 6.54 Å². The minimum absolute atomic E-state index is 0.627. The van der Waals surface area contributed by atoms with Crippen molar-refractivity contribution in [1.29, 1.82) is 0 Å². The Labute approximate surface area is 129 Å². The van der Waals surface area contributed by atoms with E-state index in [-0.39, 0.29) is 0 Å². The highest BCUT2D eigenvalue weighted by Crippen LogP contribution is 2.25. The first-order chi connectivity index (χ1) is 9.08. The van der Waals surface area contributed by atoms with E-state index in [0.29, 0.717) is 5.92 Å². The van der Waals surface area contributed by atoms with Gasteiger partial charge in [0.15, 0.2) is 0 Å². The maximum atomic E-state index is 4.16. The van der Waals surface area contributed by atoms with Crippen molar-refractivity contribution < 1.29 is 0 Å². The number of hydrogen-bond acceptors (Lipinski definition) is 3. The van der Waals surface area contributed by atoms with Crippen LogP contribution in [0.15, 0.2) is 33.3 Å². The predicted octanol–water partition coefficient (Wildman–Crippen LogP) is 3.54. The van der Waals surface area contributed by atoms with Gasteiger partial charge in [-0.2, -0.15) is 0 Å². The molecule has 0 bridgehead atoms. The van der Waals surface area contributed by atoms with Gasteiger partial charge >= 0.3 is 0 Å². The van der Waals surface area contributed by atoms with Crippen LogP contribution >= 0.6 is 31.9 Å². The zero-order chi connectivity index (χ0) is 13.8. The average Bonchev–Trinajstić information content (AvgIpc) is 2.80. The van der Waals surface area contributed by atoms with Gasteiger partial charge in [0.1, 0.15) is 0 Å². The van der Waals surface area contributed by atoms with Gasteiger partial charge in [-0.3, -0.25) is 0 Å². The van der Waals surface area contributed by atoms with Crippen LogP contribution in [0.3, 0.4) is 0 Å². The summed E-state index contributed by atoms with van der Waals surface area (Å²) in [5, 5.41) is 11.6. The maximum Gasteiger partial charge on any atom is 0.0820 e. The standard InChI is InChI=1S/C13H16Br2N4/c1-9(2)6-16-7-11-8-17-18-19(11)13-5-10(14)3-4-12(13)15/h3-5,8-9,16H,6-7H2,1-2H3. The Hall–Kier alpha value is -0.720. The lowest BCUT2D eigenvalue weighted by Gasteiger charge is -2.10. The number of nitrogens with zero attached hydrogens (tertiary/aromatic N) is 3. The number of rotatable bonds is 5. The second kappa shape index (κ2) is 6.63. The Bertz CT molecular complexity index is 551. The first-order valence-corrected chi connectivity index (χ1v) is 7.72. The molecule has 102 valence electrons. The molecule has 0 unspecified atom stereocenters. The number of halogens is 2. The molecule has 4 nitrogen and oxygen atoms in total. The quantitative estimate of drug-likeness (QED) is 0.853. The smallest absolute Gasteiger partial charge is 0.0820 e. The van der Waals surface area contributed by atoms with Crippen LogP contribution in [0.5, 0.6) is 0 Å². The zero-order valence-electron chi connectivity index (χ0n) is 10.9. The third kappa shape index (κ3) is 3.87. The lowest BCUT2D eigenvalue weighted by Crippen LogP contribution is -2.20. The van der Waals surface area contributed by atoms with Crippen molar-refractivity contribution >= 4 is 31.9 Å². The molecule has 0 aliphatic carbocycles. The number of nitrogens with one attached hydrogen (secondary N) is 1. The van der Waals surface area contributed by atoms with E-state index in [9.17, 15) is 0 Å². The summed E-state index contributed by atoms with van der Waals surface area (Å²) in [4.78, 5) is 0.